The first-order valence-electron chi connectivity index (χ1n) is 7.79. The van der Waals surface area contributed by atoms with Gasteiger partial charge in [0, 0.05) is 23.2 Å². The second-order valence-electron chi connectivity index (χ2n) is 5.48. The Kier molecular flexibility index (Phi) is 4.79. The van der Waals surface area contributed by atoms with Crippen LogP contribution in [0.1, 0.15) is 0 Å². The molecule has 0 spiro atoms. The van der Waals surface area contributed by atoms with Gasteiger partial charge in [0.25, 0.3) is 0 Å². The highest BCUT2D eigenvalue weighted by Gasteiger charge is 2.11. The van der Waals surface area contributed by atoms with E-state index in [4.69, 9.17) is 14.2 Å². The summed E-state index contributed by atoms with van der Waals surface area (Å²) in [5, 5.41) is 3.89. The van der Waals surface area contributed by atoms with Gasteiger partial charge in [-0.3, -0.25) is 4.79 Å². The number of benzene rings is 2. The first kappa shape index (κ1) is 16.7. The van der Waals surface area contributed by atoms with Crippen LogP contribution in [0.2, 0.25) is 0 Å². The Morgan fingerprint density at radius 2 is 1.68 bits per heavy atom. The molecule has 0 aliphatic heterocycles. The lowest BCUT2D eigenvalue weighted by Gasteiger charge is -2.12. The van der Waals surface area contributed by atoms with Crippen LogP contribution in [-0.2, 0) is 11.3 Å². The number of methoxy groups -OCH3 is 3. The van der Waals surface area contributed by atoms with Crippen molar-refractivity contribution >= 4 is 22.5 Å². The van der Waals surface area contributed by atoms with Crippen molar-refractivity contribution in [3.8, 4) is 17.2 Å². The van der Waals surface area contributed by atoms with Crippen LogP contribution in [0.4, 0.5) is 5.69 Å². The van der Waals surface area contributed by atoms with Gasteiger partial charge < -0.3 is 24.1 Å². The molecule has 0 bridgehead atoms. The number of carbonyl (C=O) groups is 1. The van der Waals surface area contributed by atoms with Gasteiger partial charge in [-0.15, -0.1) is 0 Å². The minimum Gasteiger partial charge on any atom is -0.497 e. The van der Waals surface area contributed by atoms with E-state index in [-0.39, 0.29) is 12.5 Å². The van der Waals surface area contributed by atoms with Gasteiger partial charge in [-0.05, 0) is 36.4 Å². The molecule has 3 aromatic rings. The number of aromatic nitrogens is 1. The third-order valence-electron chi connectivity index (χ3n) is 3.97. The minimum atomic E-state index is -0.153. The summed E-state index contributed by atoms with van der Waals surface area (Å²) in [6.07, 6.45) is 1.88. The average Bonchev–Trinajstić information content (AvgIpc) is 3.03. The Bertz CT molecular complexity index is 902. The summed E-state index contributed by atoms with van der Waals surface area (Å²) in [5.74, 6) is 1.86. The number of hydrogen-bond donors (Lipinski definition) is 1. The molecule has 25 heavy (non-hydrogen) atoms. The number of amides is 1. The molecule has 2 aromatic carbocycles. The molecule has 0 saturated carbocycles. The highest BCUT2D eigenvalue weighted by molar-refractivity contribution is 5.93. The van der Waals surface area contributed by atoms with Gasteiger partial charge in [0.2, 0.25) is 5.91 Å². The van der Waals surface area contributed by atoms with Crippen molar-refractivity contribution in [2.24, 2.45) is 0 Å². The smallest absolute Gasteiger partial charge is 0.244 e. The first-order chi connectivity index (χ1) is 12.1. The topological polar surface area (TPSA) is 61.7 Å². The fourth-order valence-electron chi connectivity index (χ4n) is 2.70. The Hall–Kier alpha value is -3.15. The van der Waals surface area contributed by atoms with Crippen LogP contribution in [0.25, 0.3) is 10.9 Å². The van der Waals surface area contributed by atoms with Crippen LogP contribution in [0.3, 0.4) is 0 Å². The monoisotopic (exact) mass is 340 g/mol. The van der Waals surface area contributed by atoms with E-state index in [0.29, 0.717) is 17.2 Å². The second kappa shape index (κ2) is 7.17. The molecule has 1 heterocycles. The number of nitrogens with zero attached hydrogens (tertiary/aromatic N) is 1. The number of fused-ring (bicyclic) bond motifs is 1. The molecule has 1 N–H and O–H groups in total. The zero-order chi connectivity index (χ0) is 17.8. The molecule has 0 fully saturated rings. The van der Waals surface area contributed by atoms with Crippen molar-refractivity contribution in [2.75, 3.05) is 26.6 Å². The summed E-state index contributed by atoms with van der Waals surface area (Å²) >= 11 is 0. The second-order valence-corrected chi connectivity index (χ2v) is 5.48. The van der Waals surface area contributed by atoms with Gasteiger partial charge in [-0.1, -0.05) is 0 Å². The molecular weight excluding hydrogens is 320 g/mol. The lowest BCUT2D eigenvalue weighted by Crippen LogP contribution is -2.18. The van der Waals surface area contributed by atoms with E-state index in [1.165, 1.54) is 0 Å². The van der Waals surface area contributed by atoms with E-state index < -0.39 is 0 Å². The van der Waals surface area contributed by atoms with E-state index in [1.54, 1.807) is 39.5 Å². The number of ether oxygens (including phenoxy) is 3. The molecule has 0 unspecified atom stereocenters. The van der Waals surface area contributed by atoms with Crippen LogP contribution < -0.4 is 19.5 Å². The maximum atomic E-state index is 12.5. The van der Waals surface area contributed by atoms with Crippen LogP contribution in [0.5, 0.6) is 17.2 Å². The third-order valence-corrected chi connectivity index (χ3v) is 3.97. The summed E-state index contributed by atoms with van der Waals surface area (Å²) in [6.45, 7) is 0.191. The standard InChI is InChI=1S/C19H20N2O4/c1-23-14-4-6-17-13(10-14)8-9-21(17)12-19(22)20-16-11-15(24-2)5-7-18(16)25-3/h4-11H,12H2,1-3H3,(H,20,22). The largest absolute Gasteiger partial charge is 0.497 e. The Morgan fingerprint density at radius 1 is 0.960 bits per heavy atom. The van der Waals surface area contributed by atoms with E-state index in [1.807, 2.05) is 35.0 Å². The van der Waals surface area contributed by atoms with Gasteiger partial charge in [0.15, 0.2) is 0 Å². The molecule has 0 saturated heterocycles. The number of hydrogen-bond acceptors (Lipinski definition) is 4. The summed E-state index contributed by atoms with van der Waals surface area (Å²) in [6, 6.07) is 13.0. The fourth-order valence-corrected chi connectivity index (χ4v) is 2.70. The van der Waals surface area contributed by atoms with Crippen molar-refractivity contribution in [1.82, 2.24) is 4.57 Å². The van der Waals surface area contributed by atoms with E-state index >= 15 is 0 Å². The predicted octanol–water partition coefficient (Wildman–Crippen LogP) is 3.31. The van der Waals surface area contributed by atoms with E-state index in [2.05, 4.69) is 5.32 Å². The molecule has 0 atom stereocenters. The first-order valence-corrected chi connectivity index (χ1v) is 7.79. The zero-order valence-corrected chi connectivity index (χ0v) is 14.4. The summed E-state index contributed by atoms with van der Waals surface area (Å²) in [7, 11) is 4.77. The van der Waals surface area contributed by atoms with Crippen LogP contribution in [-0.4, -0.2) is 31.8 Å². The van der Waals surface area contributed by atoms with Gasteiger partial charge in [-0.2, -0.15) is 0 Å². The molecule has 0 aliphatic carbocycles. The average molecular weight is 340 g/mol. The summed E-state index contributed by atoms with van der Waals surface area (Å²) < 4.78 is 17.6. The molecule has 130 valence electrons. The quantitative estimate of drug-likeness (QED) is 0.748. The normalized spacial score (nSPS) is 10.5. The molecule has 6 heteroatoms. The van der Waals surface area contributed by atoms with Crippen molar-refractivity contribution in [3.63, 3.8) is 0 Å². The highest BCUT2D eigenvalue weighted by Crippen LogP contribution is 2.29. The summed E-state index contributed by atoms with van der Waals surface area (Å²) in [4.78, 5) is 12.5. The number of carbonyl (C=O) groups excluding carboxylic acids is 1. The maximum Gasteiger partial charge on any atom is 0.244 e. The van der Waals surface area contributed by atoms with Crippen LogP contribution in [0, 0.1) is 0 Å². The van der Waals surface area contributed by atoms with E-state index in [9.17, 15) is 4.79 Å². The molecule has 1 amide bonds. The van der Waals surface area contributed by atoms with Crippen LogP contribution in [0.15, 0.2) is 48.7 Å². The number of anilines is 1. The lowest BCUT2D eigenvalue weighted by atomic mass is 10.2. The Labute approximate surface area is 145 Å². The SMILES string of the molecule is COc1ccc(OC)c(NC(=O)Cn2ccc3cc(OC)ccc32)c1. The number of nitrogens with one attached hydrogen (secondary N) is 1. The van der Waals surface area contributed by atoms with Gasteiger partial charge in [-0.25, -0.2) is 0 Å². The fraction of sp³-hybridized carbons (Fsp3) is 0.211. The minimum absolute atomic E-state index is 0.153. The maximum absolute atomic E-state index is 12.5. The molecular formula is C19H20N2O4. The van der Waals surface area contributed by atoms with Crippen molar-refractivity contribution < 1.29 is 19.0 Å². The van der Waals surface area contributed by atoms with Crippen molar-refractivity contribution in [2.45, 2.75) is 6.54 Å². The highest BCUT2D eigenvalue weighted by atomic mass is 16.5. The molecule has 3 rings (SSSR count). The predicted molar refractivity (Wildman–Crippen MR) is 96.7 cm³/mol. The Balaban J connectivity index is 1.79. The molecule has 6 nitrogen and oxygen atoms in total. The molecule has 0 radical (unpaired) electrons. The van der Waals surface area contributed by atoms with Crippen molar-refractivity contribution in [3.05, 3.63) is 48.7 Å². The van der Waals surface area contributed by atoms with Gasteiger partial charge in [0.05, 0.1) is 27.0 Å². The molecule has 0 aliphatic rings. The lowest BCUT2D eigenvalue weighted by molar-refractivity contribution is -0.116. The number of rotatable bonds is 6. The third kappa shape index (κ3) is 3.52. The Morgan fingerprint density at radius 3 is 2.40 bits per heavy atom. The van der Waals surface area contributed by atoms with Crippen LogP contribution >= 0.6 is 0 Å². The van der Waals surface area contributed by atoms with E-state index in [0.717, 1.165) is 16.7 Å². The zero-order valence-electron chi connectivity index (χ0n) is 14.4. The van der Waals surface area contributed by atoms with Crippen molar-refractivity contribution in [1.29, 1.82) is 0 Å². The summed E-state index contributed by atoms with van der Waals surface area (Å²) in [5.41, 5.74) is 1.54. The van der Waals surface area contributed by atoms with Gasteiger partial charge in [0.1, 0.15) is 23.8 Å². The van der Waals surface area contributed by atoms with Gasteiger partial charge >= 0.3 is 0 Å². The molecule has 1 aromatic heterocycles.